The van der Waals surface area contributed by atoms with Crippen LogP contribution in [0.25, 0.3) is 10.9 Å². The largest absolute Gasteiger partial charge is 0.481 e. The van der Waals surface area contributed by atoms with Gasteiger partial charge in [-0.25, -0.2) is 4.98 Å². The highest BCUT2D eigenvalue weighted by Crippen LogP contribution is 2.39. The molecule has 0 aromatic carbocycles. The number of pyridine rings is 1. The van der Waals surface area contributed by atoms with Crippen LogP contribution in [-0.2, 0) is 11.3 Å². The maximum absolute atomic E-state index is 10.8. The monoisotopic (exact) mass is 365 g/mol. The average molecular weight is 366 g/mol. The molecule has 6 nitrogen and oxygen atoms in total. The van der Waals surface area contributed by atoms with E-state index in [-0.39, 0.29) is 6.42 Å². The third-order valence-electron chi connectivity index (χ3n) is 4.73. The second kappa shape index (κ2) is 8.04. The van der Waals surface area contributed by atoms with E-state index >= 15 is 0 Å². The van der Waals surface area contributed by atoms with Gasteiger partial charge in [-0.2, -0.15) is 5.10 Å². The quantitative estimate of drug-likeness (QED) is 0.736. The van der Waals surface area contributed by atoms with Crippen molar-refractivity contribution in [1.29, 1.82) is 0 Å². The lowest BCUT2D eigenvalue weighted by molar-refractivity contribution is -0.137. The molecule has 2 aromatic rings. The third kappa shape index (κ3) is 4.06. The van der Waals surface area contributed by atoms with Crippen molar-refractivity contribution >= 4 is 28.5 Å². The summed E-state index contributed by atoms with van der Waals surface area (Å²) in [6, 6.07) is 1.81. The molecule has 1 aliphatic carbocycles. The van der Waals surface area contributed by atoms with Crippen molar-refractivity contribution in [2.75, 3.05) is 6.61 Å². The Labute approximate surface area is 152 Å². The maximum Gasteiger partial charge on any atom is 0.303 e. The molecule has 1 saturated carbocycles. The van der Waals surface area contributed by atoms with Gasteiger partial charge in [0, 0.05) is 24.9 Å². The van der Waals surface area contributed by atoms with Crippen LogP contribution in [0.15, 0.2) is 6.07 Å². The smallest absolute Gasteiger partial charge is 0.303 e. The fourth-order valence-corrected chi connectivity index (χ4v) is 3.79. The second-order valence-electron chi connectivity index (χ2n) is 6.52. The molecule has 0 spiro atoms. The Morgan fingerprint density at radius 1 is 1.40 bits per heavy atom. The van der Waals surface area contributed by atoms with Crippen LogP contribution in [0.4, 0.5) is 0 Å². The molecular weight excluding hydrogens is 342 g/mol. The van der Waals surface area contributed by atoms with E-state index in [0.29, 0.717) is 36.5 Å². The van der Waals surface area contributed by atoms with E-state index in [2.05, 4.69) is 4.98 Å². The number of nitrogens with zero attached hydrogens (tertiary/aromatic N) is 3. The van der Waals surface area contributed by atoms with E-state index < -0.39 is 5.97 Å². The predicted molar refractivity (Wildman–Crippen MR) is 96.4 cm³/mol. The lowest BCUT2D eigenvalue weighted by Crippen LogP contribution is -2.08. The Balaban J connectivity index is 2.04. The highest BCUT2D eigenvalue weighted by molar-refractivity contribution is 6.30. The first-order chi connectivity index (χ1) is 12.1. The molecule has 7 heteroatoms. The van der Waals surface area contributed by atoms with Gasteiger partial charge in [-0.3, -0.25) is 9.48 Å². The number of carbonyl (C=O) groups is 1. The summed E-state index contributed by atoms with van der Waals surface area (Å²) in [5.41, 5.74) is 1.91. The van der Waals surface area contributed by atoms with Gasteiger partial charge < -0.3 is 9.84 Å². The number of hydrogen-bond donors (Lipinski definition) is 1. The molecule has 0 radical (unpaired) electrons. The number of aryl methyl sites for hydroxylation is 1. The van der Waals surface area contributed by atoms with Crippen LogP contribution in [0, 0.1) is 0 Å². The van der Waals surface area contributed by atoms with Crippen LogP contribution in [0.2, 0.25) is 5.15 Å². The minimum atomic E-state index is -0.793. The van der Waals surface area contributed by atoms with Gasteiger partial charge in [0.2, 0.25) is 5.88 Å². The third-order valence-corrected chi connectivity index (χ3v) is 4.92. The van der Waals surface area contributed by atoms with E-state index in [0.717, 1.165) is 29.4 Å². The van der Waals surface area contributed by atoms with Crippen LogP contribution >= 0.6 is 11.6 Å². The first kappa shape index (κ1) is 18.0. The molecule has 2 heterocycles. The normalized spacial score (nSPS) is 15.6. The second-order valence-corrected chi connectivity index (χ2v) is 6.91. The zero-order chi connectivity index (χ0) is 17.8. The number of carboxylic acids is 1. The molecule has 0 atom stereocenters. The lowest BCUT2D eigenvalue weighted by atomic mass is 9.86. The molecule has 0 bridgehead atoms. The number of rotatable bonds is 7. The van der Waals surface area contributed by atoms with Gasteiger partial charge in [-0.05, 0) is 26.2 Å². The van der Waals surface area contributed by atoms with Crippen LogP contribution in [0.5, 0.6) is 5.88 Å². The van der Waals surface area contributed by atoms with Gasteiger partial charge in [0.1, 0.15) is 5.15 Å². The van der Waals surface area contributed by atoms with Gasteiger partial charge in [0.05, 0.1) is 23.2 Å². The zero-order valence-corrected chi connectivity index (χ0v) is 15.3. The zero-order valence-electron chi connectivity index (χ0n) is 14.5. The van der Waals surface area contributed by atoms with Crippen LogP contribution in [0.1, 0.15) is 63.5 Å². The summed E-state index contributed by atoms with van der Waals surface area (Å²) >= 11 is 6.18. The maximum atomic E-state index is 10.8. The number of fused-ring (bicyclic) bond motifs is 1. The van der Waals surface area contributed by atoms with Crippen molar-refractivity contribution in [3.05, 3.63) is 16.9 Å². The number of aromatic nitrogens is 3. The molecule has 136 valence electrons. The van der Waals surface area contributed by atoms with E-state index in [9.17, 15) is 4.79 Å². The average Bonchev–Trinajstić information content (AvgIpc) is 2.94. The first-order valence-corrected chi connectivity index (χ1v) is 9.39. The van der Waals surface area contributed by atoms with Gasteiger partial charge >= 0.3 is 5.97 Å². The molecule has 1 aliphatic rings. The molecule has 0 amide bonds. The Morgan fingerprint density at radius 3 is 2.84 bits per heavy atom. The van der Waals surface area contributed by atoms with Crippen LogP contribution < -0.4 is 4.74 Å². The van der Waals surface area contributed by atoms with E-state index in [1.807, 2.05) is 11.6 Å². The molecule has 25 heavy (non-hydrogen) atoms. The topological polar surface area (TPSA) is 77.2 Å². The lowest BCUT2D eigenvalue weighted by Gasteiger charge is -2.20. The number of aliphatic carboxylic acids is 1. The van der Waals surface area contributed by atoms with Crippen molar-refractivity contribution in [1.82, 2.24) is 14.8 Å². The summed E-state index contributed by atoms with van der Waals surface area (Å²) in [5.74, 6) is 0.146. The standard InChI is InChI=1S/C18H24ClN3O3/c1-2-25-18-16-13(11-14(19)20-18)22(10-6-9-15(23)24)21-17(16)12-7-4-3-5-8-12/h11-12H,2-10H2,1H3,(H,23,24). The summed E-state index contributed by atoms with van der Waals surface area (Å²) in [4.78, 5) is 15.2. The SMILES string of the molecule is CCOc1nc(Cl)cc2c1c(C1CCCCC1)nn2CCCC(=O)O. The number of ether oxygens (including phenoxy) is 1. The van der Waals surface area contributed by atoms with E-state index in [1.165, 1.54) is 19.3 Å². The fraction of sp³-hybridized carbons (Fsp3) is 0.611. The Bertz CT molecular complexity index is 754. The molecule has 2 aromatic heterocycles. The summed E-state index contributed by atoms with van der Waals surface area (Å²) in [7, 11) is 0. The van der Waals surface area contributed by atoms with Crippen molar-refractivity contribution < 1.29 is 14.6 Å². The number of hydrogen-bond acceptors (Lipinski definition) is 4. The Hall–Kier alpha value is -1.82. The van der Waals surface area contributed by atoms with Crippen LogP contribution in [-0.4, -0.2) is 32.4 Å². The highest BCUT2D eigenvalue weighted by atomic mass is 35.5. The predicted octanol–water partition coefficient (Wildman–Crippen LogP) is 4.40. The summed E-state index contributed by atoms with van der Waals surface area (Å²) < 4.78 is 7.62. The van der Waals surface area contributed by atoms with Crippen molar-refractivity contribution in [2.24, 2.45) is 0 Å². The number of halogens is 1. The van der Waals surface area contributed by atoms with Gasteiger partial charge in [-0.15, -0.1) is 0 Å². The van der Waals surface area contributed by atoms with E-state index in [4.69, 9.17) is 26.5 Å². The van der Waals surface area contributed by atoms with Gasteiger partial charge in [0.15, 0.2) is 0 Å². The summed E-state index contributed by atoms with van der Waals surface area (Å²) in [6.45, 7) is 2.98. The van der Waals surface area contributed by atoms with Crippen LogP contribution in [0.3, 0.4) is 0 Å². The van der Waals surface area contributed by atoms with Crippen molar-refractivity contribution in [3.63, 3.8) is 0 Å². The molecule has 0 unspecified atom stereocenters. The molecule has 3 rings (SSSR count). The molecule has 0 aliphatic heterocycles. The highest BCUT2D eigenvalue weighted by Gasteiger charge is 2.25. The van der Waals surface area contributed by atoms with Crippen molar-refractivity contribution in [2.45, 2.75) is 64.3 Å². The molecular formula is C18H24ClN3O3. The fourth-order valence-electron chi connectivity index (χ4n) is 3.61. The Kier molecular flexibility index (Phi) is 5.78. The summed E-state index contributed by atoms with van der Waals surface area (Å²) in [6.07, 6.45) is 6.59. The van der Waals surface area contributed by atoms with Gasteiger partial charge in [0.25, 0.3) is 0 Å². The van der Waals surface area contributed by atoms with Gasteiger partial charge in [-0.1, -0.05) is 30.9 Å². The molecule has 0 saturated heterocycles. The minimum Gasteiger partial charge on any atom is -0.481 e. The van der Waals surface area contributed by atoms with Crippen molar-refractivity contribution in [3.8, 4) is 5.88 Å². The van der Waals surface area contributed by atoms with E-state index in [1.54, 1.807) is 6.07 Å². The Morgan fingerprint density at radius 2 is 2.16 bits per heavy atom. The molecule has 1 N–H and O–H groups in total. The molecule has 1 fully saturated rings. The number of carboxylic acid groups (broad SMARTS) is 1. The summed E-state index contributed by atoms with van der Waals surface area (Å²) in [5, 5.41) is 15.0. The minimum absolute atomic E-state index is 0.122. The first-order valence-electron chi connectivity index (χ1n) is 9.01.